The van der Waals surface area contributed by atoms with Crippen molar-refractivity contribution in [2.45, 2.75) is 90.6 Å². The number of amides is 1. The summed E-state index contributed by atoms with van der Waals surface area (Å²) in [5.41, 5.74) is 2.90. The molecule has 0 radical (unpaired) electrons. The van der Waals surface area contributed by atoms with E-state index in [-0.39, 0.29) is 5.91 Å². The van der Waals surface area contributed by atoms with E-state index in [0.717, 1.165) is 19.3 Å². The van der Waals surface area contributed by atoms with Crippen LogP contribution in [0.5, 0.6) is 0 Å². The van der Waals surface area contributed by atoms with Crippen LogP contribution in [0.4, 0.5) is 0 Å². The highest BCUT2D eigenvalue weighted by molar-refractivity contribution is 5.79. The van der Waals surface area contributed by atoms with Crippen LogP contribution in [0.2, 0.25) is 0 Å². The van der Waals surface area contributed by atoms with E-state index < -0.39 is 0 Å². The van der Waals surface area contributed by atoms with E-state index in [1.54, 1.807) is 0 Å². The van der Waals surface area contributed by atoms with E-state index in [4.69, 9.17) is 0 Å². The van der Waals surface area contributed by atoms with Gasteiger partial charge in [-0.2, -0.15) is 0 Å². The molecule has 1 saturated heterocycles. The fraction of sp³-hybridized carbons (Fsp3) is 0.696. The number of hydrogen-bond acceptors (Lipinski definition) is 2. The van der Waals surface area contributed by atoms with Crippen LogP contribution < -0.4 is 10.6 Å². The summed E-state index contributed by atoms with van der Waals surface area (Å²) in [7, 11) is 0. The fourth-order valence-electron chi connectivity index (χ4n) is 4.04. The predicted octanol–water partition coefficient (Wildman–Crippen LogP) is 4.63. The molecule has 0 spiro atoms. The van der Waals surface area contributed by atoms with Crippen molar-refractivity contribution >= 4 is 5.91 Å². The Hall–Kier alpha value is -1.35. The molecule has 0 aromatic heterocycles. The van der Waals surface area contributed by atoms with Crippen molar-refractivity contribution in [3.05, 3.63) is 35.4 Å². The second-order valence-electron chi connectivity index (χ2n) is 8.03. The van der Waals surface area contributed by atoms with E-state index in [9.17, 15) is 4.79 Å². The summed E-state index contributed by atoms with van der Waals surface area (Å²) in [4.78, 5) is 11.6. The molecule has 0 aliphatic carbocycles. The summed E-state index contributed by atoms with van der Waals surface area (Å²) in [6, 6.07) is 9.85. The molecule has 1 aliphatic heterocycles. The molecule has 0 saturated carbocycles. The normalized spacial score (nSPS) is 21.4. The van der Waals surface area contributed by atoms with Crippen LogP contribution in [0.1, 0.15) is 76.8 Å². The first-order valence-electron chi connectivity index (χ1n) is 10.7. The zero-order valence-electron chi connectivity index (χ0n) is 17.0. The molecule has 1 heterocycles. The maximum absolute atomic E-state index is 11.6. The average molecular weight is 359 g/mol. The third-order valence-electron chi connectivity index (χ3n) is 5.80. The van der Waals surface area contributed by atoms with E-state index in [1.807, 2.05) is 0 Å². The van der Waals surface area contributed by atoms with E-state index in [0.29, 0.717) is 24.5 Å². The number of nitrogens with one attached hydrogen (secondary N) is 2. The van der Waals surface area contributed by atoms with Gasteiger partial charge >= 0.3 is 0 Å². The first-order chi connectivity index (χ1) is 12.6. The number of unbranched alkanes of at least 4 members (excludes halogenated alkanes) is 3. The van der Waals surface area contributed by atoms with Crippen molar-refractivity contribution in [3.63, 3.8) is 0 Å². The third-order valence-corrected chi connectivity index (χ3v) is 5.80. The highest BCUT2D eigenvalue weighted by Gasteiger charge is 2.27. The van der Waals surface area contributed by atoms with Crippen LogP contribution >= 0.6 is 0 Å². The SMILES string of the molecule is CCc1ccc(CCCCCC[C@H](C)C[C@@H]2NC(=O)CN[C@H]2CC)cc1. The van der Waals surface area contributed by atoms with Gasteiger partial charge in [-0.15, -0.1) is 0 Å². The lowest BCUT2D eigenvalue weighted by Crippen LogP contribution is -2.58. The third kappa shape index (κ3) is 7.11. The standard InChI is InChI=1S/C23H38N2O/c1-4-19-12-14-20(15-13-19)11-9-7-6-8-10-18(3)16-22-21(5-2)24-17-23(26)25-22/h12-15,18,21-22,24H,4-11,16-17H2,1-3H3,(H,25,26)/t18-,21-,22-/m0/s1. The minimum atomic E-state index is 0.152. The topological polar surface area (TPSA) is 41.1 Å². The van der Waals surface area contributed by atoms with Gasteiger partial charge in [0.15, 0.2) is 0 Å². The number of hydrogen-bond donors (Lipinski definition) is 2. The lowest BCUT2D eigenvalue weighted by Gasteiger charge is -2.34. The van der Waals surface area contributed by atoms with E-state index >= 15 is 0 Å². The van der Waals surface area contributed by atoms with Gasteiger partial charge in [-0.25, -0.2) is 0 Å². The number of carbonyl (C=O) groups excluding carboxylic acids is 1. The molecule has 1 aromatic carbocycles. The molecule has 146 valence electrons. The smallest absolute Gasteiger partial charge is 0.234 e. The van der Waals surface area contributed by atoms with Crippen LogP contribution in [0.25, 0.3) is 0 Å². The van der Waals surface area contributed by atoms with Gasteiger partial charge in [-0.1, -0.05) is 70.7 Å². The highest BCUT2D eigenvalue weighted by Crippen LogP contribution is 2.19. The van der Waals surface area contributed by atoms with Gasteiger partial charge in [-0.05, 0) is 49.1 Å². The number of benzene rings is 1. The summed E-state index contributed by atoms with van der Waals surface area (Å²) < 4.78 is 0. The molecule has 1 aliphatic rings. The van der Waals surface area contributed by atoms with Crippen LogP contribution in [0.3, 0.4) is 0 Å². The molecule has 1 fully saturated rings. The van der Waals surface area contributed by atoms with Crippen molar-refractivity contribution < 1.29 is 4.79 Å². The molecule has 2 N–H and O–H groups in total. The van der Waals surface area contributed by atoms with Crippen LogP contribution in [-0.4, -0.2) is 24.5 Å². The summed E-state index contributed by atoms with van der Waals surface area (Å²) in [6.07, 6.45) is 11.0. The minimum Gasteiger partial charge on any atom is -0.351 e. The van der Waals surface area contributed by atoms with Crippen molar-refractivity contribution in [1.29, 1.82) is 0 Å². The maximum Gasteiger partial charge on any atom is 0.234 e. The van der Waals surface area contributed by atoms with E-state index in [1.165, 1.54) is 49.7 Å². The van der Waals surface area contributed by atoms with Gasteiger partial charge in [-0.3, -0.25) is 4.79 Å². The Morgan fingerprint density at radius 3 is 2.38 bits per heavy atom. The molecule has 0 unspecified atom stereocenters. The first kappa shape index (κ1) is 21.0. The molecular formula is C23H38N2O. The van der Waals surface area contributed by atoms with Gasteiger partial charge in [0.2, 0.25) is 5.91 Å². The monoisotopic (exact) mass is 358 g/mol. The summed E-state index contributed by atoms with van der Waals surface area (Å²) in [5, 5.41) is 6.55. The Bertz CT molecular complexity index is 526. The van der Waals surface area contributed by atoms with Gasteiger partial charge in [0.25, 0.3) is 0 Å². The second-order valence-corrected chi connectivity index (χ2v) is 8.03. The van der Waals surface area contributed by atoms with Gasteiger partial charge in [0.1, 0.15) is 0 Å². The second kappa shape index (κ2) is 11.4. The number of rotatable bonds is 11. The molecule has 3 atom stereocenters. The lowest BCUT2D eigenvalue weighted by atomic mass is 9.90. The van der Waals surface area contributed by atoms with E-state index in [2.05, 4.69) is 55.7 Å². The Morgan fingerprint density at radius 1 is 1.00 bits per heavy atom. The number of piperazine rings is 1. The zero-order chi connectivity index (χ0) is 18.8. The molecule has 1 aromatic rings. The van der Waals surface area contributed by atoms with Gasteiger partial charge in [0, 0.05) is 12.1 Å². The number of carbonyl (C=O) groups is 1. The van der Waals surface area contributed by atoms with Crippen molar-refractivity contribution in [3.8, 4) is 0 Å². The molecule has 3 heteroatoms. The molecule has 3 nitrogen and oxygen atoms in total. The summed E-state index contributed by atoms with van der Waals surface area (Å²) >= 11 is 0. The fourth-order valence-corrected chi connectivity index (χ4v) is 4.04. The first-order valence-corrected chi connectivity index (χ1v) is 10.7. The maximum atomic E-state index is 11.6. The lowest BCUT2D eigenvalue weighted by molar-refractivity contribution is -0.123. The summed E-state index contributed by atoms with van der Waals surface area (Å²) in [6.45, 7) is 7.22. The Kier molecular flexibility index (Phi) is 9.17. The van der Waals surface area contributed by atoms with Crippen molar-refractivity contribution in [2.24, 2.45) is 5.92 Å². The summed E-state index contributed by atoms with van der Waals surface area (Å²) in [5.74, 6) is 0.828. The van der Waals surface area contributed by atoms with Crippen LogP contribution in [-0.2, 0) is 17.6 Å². The average Bonchev–Trinajstić information content (AvgIpc) is 2.65. The van der Waals surface area contributed by atoms with Crippen LogP contribution in [0, 0.1) is 5.92 Å². The molecular weight excluding hydrogens is 320 g/mol. The minimum absolute atomic E-state index is 0.152. The van der Waals surface area contributed by atoms with Crippen molar-refractivity contribution in [1.82, 2.24) is 10.6 Å². The van der Waals surface area contributed by atoms with Gasteiger partial charge < -0.3 is 10.6 Å². The van der Waals surface area contributed by atoms with Crippen LogP contribution in [0.15, 0.2) is 24.3 Å². The van der Waals surface area contributed by atoms with Crippen molar-refractivity contribution in [2.75, 3.05) is 6.54 Å². The number of aryl methyl sites for hydroxylation is 2. The molecule has 26 heavy (non-hydrogen) atoms. The largest absolute Gasteiger partial charge is 0.351 e. The molecule has 0 bridgehead atoms. The molecule has 1 amide bonds. The zero-order valence-corrected chi connectivity index (χ0v) is 17.0. The Labute approximate surface area is 160 Å². The molecule has 2 rings (SSSR count). The quantitative estimate of drug-likeness (QED) is 0.566. The Morgan fingerprint density at radius 2 is 1.69 bits per heavy atom. The predicted molar refractivity (Wildman–Crippen MR) is 110 cm³/mol. The van der Waals surface area contributed by atoms with Gasteiger partial charge in [0.05, 0.1) is 6.54 Å². The highest BCUT2D eigenvalue weighted by atomic mass is 16.2. The Balaban J connectivity index is 1.56.